The molecular weight excluding hydrogens is 512 g/mol. The molecule has 10 nitrogen and oxygen atoms in total. The van der Waals surface area contributed by atoms with Gasteiger partial charge in [-0.3, -0.25) is 9.59 Å². The summed E-state index contributed by atoms with van der Waals surface area (Å²) in [7, 11) is 1.85. The fourth-order valence-electron chi connectivity index (χ4n) is 5.67. The molecule has 0 radical (unpaired) electrons. The summed E-state index contributed by atoms with van der Waals surface area (Å²) in [6.45, 7) is 10.1. The Morgan fingerprint density at radius 2 is 1.93 bits per heavy atom. The van der Waals surface area contributed by atoms with Crippen LogP contribution in [0.15, 0.2) is 36.5 Å². The molecule has 3 aliphatic heterocycles. The third kappa shape index (κ3) is 6.49. The number of hydrogen-bond donors (Lipinski definition) is 3. The molecule has 218 valence electrons. The zero-order chi connectivity index (χ0) is 29.0. The van der Waals surface area contributed by atoms with Crippen LogP contribution in [-0.4, -0.2) is 72.6 Å². The fourth-order valence-corrected chi connectivity index (χ4v) is 5.67. The molecule has 3 saturated heterocycles. The second-order valence-corrected chi connectivity index (χ2v) is 11.8. The van der Waals surface area contributed by atoms with Gasteiger partial charge in [-0.2, -0.15) is 0 Å². The normalized spacial score (nSPS) is 26.6. The molecule has 5 atom stereocenters. The van der Waals surface area contributed by atoms with Gasteiger partial charge in [-0.25, -0.2) is 9.59 Å². The van der Waals surface area contributed by atoms with Crippen molar-refractivity contribution >= 4 is 23.8 Å². The minimum atomic E-state index is -0.967. The van der Waals surface area contributed by atoms with E-state index in [9.17, 15) is 19.2 Å². The van der Waals surface area contributed by atoms with E-state index in [-0.39, 0.29) is 42.6 Å². The average Bonchev–Trinajstić information content (AvgIpc) is 3.47. The number of likely N-dealkylation sites (N-methyl/N-ethyl adjacent to an activating group) is 1. The Labute approximate surface area is 236 Å². The van der Waals surface area contributed by atoms with Gasteiger partial charge in [0.05, 0.1) is 5.56 Å². The molecule has 2 amide bonds. The molecule has 3 N–H and O–H groups in total. The first kappa shape index (κ1) is 29.6. The second-order valence-electron chi connectivity index (χ2n) is 11.8. The van der Waals surface area contributed by atoms with Crippen LogP contribution >= 0.6 is 0 Å². The molecule has 0 spiro atoms. The van der Waals surface area contributed by atoms with E-state index in [2.05, 4.69) is 22.5 Å². The van der Waals surface area contributed by atoms with E-state index < -0.39 is 35.5 Å². The standard InChI is InChI=1S/C30H42N4O6/c1-18(31-5)19(2)33-23-12-7-6-11-22-13-14-24(34(22)27(23)36)26(35)32-16-20-9-8-10-21(15-20)28(37)40-25-29(38)39-17-30(25,3)4/h8-10,15,18,22-25,31,33H,2,6-7,11-14,16-17H2,1,3-5H3,(H,32,35). The molecule has 40 heavy (non-hydrogen) atoms. The lowest BCUT2D eigenvalue weighted by Gasteiger charge is -2.36. The maximum atomic E-state index is 13.7. The Balaban J connectivity index is 1.39. The Morgan fingerprint density at radius 1 is 1.18 bits per heavy atom. The number of rotatable bonds is 9. The van der Waals surface area contributed by atoms with Crippen LogP contribution in [0.2, 0.25) is 0 Å². The summed E-state index contributed by atoms with van der Waals surface area (Å²) in [6.07, 6.45) is 3.99. The maximum Gasteiger partial charge on any atom is 0.348 e. The number of esters is 2. The largest absolute Gasteiger partial charge is 0.462 e. The Kier molecular flexibility index (Phi) is 9.18. The fraction of sp³-hybridized carbons (Fsp3) is 0.600. The molecule has 3 aliphatic rings. The Morgan fingerprint density at radius 3 is 2.62 bits per heavy atom. The number of carbonyl (C=O) groups is 4. The summed E-state index contributed by atoms with van der Waals surface area (Å²) >= 11 is 0. The summed E-state index contributed by atoms with van der Waals surface area (Å²) < 4.78 is 10.5. The van der Waals surface area contributed by atoms with E-state index >= 15 is 0 Å². The van der Waals surface area contributed by atoms with Crippen LogP contribution in [0, 0.1) is 5.41 Å². The van der Waals surface area contributed by atoms with Crippen molar-refractivity contribution in [1.29, 1.82) is 0 Å². The highest BCUT2D eigenvalue weighted by atomic mass is 16.6. The van der Waals surface area contributed by atoms with Crippen molar-refractivity contribution in [2.45, 2.75) is 96.1 Å². The van der Waals surface area contributed by atoms with E-state index in [0.717, 1.165) is 31.4 Å². The van der Waals surface area contributed by atoms with Crippen LogP contribution in [0.5, 0.6) is 0 Å². The highest BCUT2D eigenvalue weighted by molar-refractivity contribution is 5.93. The number of nitrogens with one attached hydrogen (secondary N) is 3. The van der Waals surface area contributed by atoms with Crippen molar-refractivity contribution in [2.24, 2.45) is 5.41 Å². The second kappa shape index (κ2) is 12.4. The SMILES string of the molecule is C=C(NC1CCCCC2CCC(C(=O)NCc3cccc(C(=O)OC4C(=O)OCC4(C)C)c3)N2C1=O)C(C)NC. The van der Waals surface area contributed by atoms with Crippen LogP contribution < -0.4 is 16.0 Å². The molecule has 0 bridgehead atoms. The highest BCUT2D eigenvalue weighted by Gasteiger charge is 2.47. The van der Waals surface area contributed by atoms with E-state index in [1.807, 2.05) is 27.8 Å². The summed E-state index contributed by atoms with van der Waals surface area (Å²) in [5, 5.41) is 9.42. The van der Waals surface area contributed by atoms with E-state index in [1.54, 1.807) is 29.2 Å². The number of carbonyl (C=O) groups excluding carboxylic acids is 4. The van der Waals surface area contributed by atoms with Gasteiger partial charge in [0.2, 0.25) is 17.9 Å². The van der Waals surface area contributed by atoms with Crippen LogP contribution in [0.25, 0.3) is 0 Å². The minimum Gasteiger partial charge on any atom is -0.462 e. The van der Waals surface area contributed by atoms with E-state index in [0.29, 0.717) is 18.4 Å². The van der Waals surface area contributed by atoms with Crippen molar-refractivity contribution in [3.05, 3.63) is 47.7 Å². The van der Waals surface area contributed by atoms with Gasteiger partial charge in [-0.15, -0.1) is 0 Å². The lowest BCUT2D eigenvalue weighted by Crippen LogP contribution is -2.56. The van der Waals surface area contributed by atoms with Crippen LogP contribution in [0.4, 0.5) is 0 Å². The van der Waals surface area contributed by atoms with Crippen molar-refractivity contribution in [2.75, 3.05) is 13.7 Å². The molecule has 5 unspecified atom stereocenters. The van der Waals surface area contributed by atoms with Gasteiger partial charge >= 0.3 is 11.9 Å². The van der Waals surface area contributed by atoms with Crippen molar-refractivity contribution in [1.82, 2.24) is 20.9 Å². The first-order chi connectivity index (χ1) is 19.0. The zero-order valence-electron chi connectivity index (χ0n) is 24.0. The topological polar surface area (TPSA) is 126 Å². The molecule has 3 fully saturated rings. The molecule has 1 aromatic rings. The molecule has 4 rings (SSSR count). The van der Waals surface area contributed by atoms with Gasteiger partial charge in [0, 0.05) is 29.7 Å². The average molecular weight is 555 g/mol. The first-order valence-electron chi connectivity index (χ1n) is 14.2. The number of ether oxygens (including phenoxy) is 2. The first-order valence-corrected chi connectivity index (χ1v) is 14.2. The summed E-state index contributed by atoms with van der Waals surface area (Å²) in [5.74, 6) is -1.43. The number of amides is 2. The van der Waals surface area contributed by atoms with E-state index in [4.69, 9.17) is 9.47 Å². The number of hydrogen-bond acceptors (Lipinski definition) is 8. The molecule has 0 aromatic heterocycles. The third-order valence-corrected chi connectivity index (χ3v) is 8.32. The van der Waals surface area contributed by atoms with Crippen molar-refractivity contribution in [3.8, 4) is 0 Å². The van der Waals surface area contributed by atoms with E-state index in [1.165, 1.54) is 0 Å². The van der Waals surface area contributed by atoms with Gasteiger partial charge in [0.1, 0.15) is 18.7 Å². The summed E-state index contributed by atoms with van der Waals surface area (Å²) in [5.41, 5.74) is 1.15. The molecule has 0 aliphatic carbocycles. The monoisotopic (exact) mass is 554 g/mol. The van der Waals surface area contributed by atoms with Crippen LogP contribution in [-0.2, 0) is 30.4 Å². The smallest absolute Gasteiger partial charge is 0.348 e. The number of nitrogens with zero attached hydrogens (tertiary/aromatic N) is 1. The Hall–Kier alpha value is -3.40. The third-order valence-electron chi connectivity index (χ3n) is 8.32. The molecule has 1 aromatic carbocycles. The summed E-state index contributed by atoms with van der Waals surface area (Å²) in [4.78, 5) is 53.6. The van der Waals surface area contributed by atoms with Gasteiger partial charge in [0.25, 0.3) is 0 Å². The molecule has 3 heterocycles. The predicted octanol–water partition coefficient (Wildman–Crippen LogP) is 2.42. The molecular formula is C30H42N4O6. The van der Waals surface area contributed by atoms with Gasteiger partial charge in [-0.05, 0) is 57.4 Å². The zero-order valence-corrected chi connectivity index (χ0v) is 24.0. The lowest BCUT2D eigenvalue weighted by atomic mass is 9.90. The maximum absolute atomic E-state index is 13.7. The number of cyclic esters (lactones) is 1. The van der Waals surface area contributed by atoms with Gasteiger partial charge in [-0.1, -0.05) is 45.4 Å². The number of fused-ring (bicyclic) bond motifs is 1. The van der Waals surface area contributed by atoms with Gasteiger partial charge < -0.3 is 30.3 Å². The van der Waals surface area contributed by atoms with Crippen LogP contribution in [0.3, 0.4) is 0 Å². The highest BCUT2D eigenvalue weighted by Crippen LogP contribution is 2.33. The quantitative estimate of drug-likeness (QED) is 0.398. The molecule has 0 saturated carbocycles. The molecule has 10 heteroatoms. The van der Waals surface area contributed by atoms with Crippen molar-refractivity contribution < 1.29 is 28.7 Å². The van der Waals surface area contributed by atoms with Gasteiger partial charge in [0.15, 0.2) is 0 Å². The predicted molar refractivity (Wildman–Crippen MR) is 149 cm³/mol. The number of benzene rings is 1. The van der Waals surface area contributed by atoms with Crippen LogP contribution in [0.1, 0.15) is 75.2 Å². The lowest BCUT2D eigenvalue weighted by molar-refractivity contribution is -0.145. The Bertz CT molecular complexity index is 1150. The minimum absolute atomic E-state index is 0.0123. The van der Waals surface area contributed by atoms with Crippen molar-refractivity contribution in [3.63, 3.8) is 0 Å². The summed E-state index contributed by atoms with van der Waals surface area (Å²) in [6, 6.07) is 5.87.